The monoisotopic (exact) mass is 532 g/mol. The minimum absolute atomic E-state index is 0.113. The third-order valence-corrected chi connectivity index (χ3v) is 7.14. The van der Waals surface area contributed by atoms with Gasteiger partial charge in [0, 0.05) is 38.5 Å². The van der Waals surface area contributed by atoms with Crippen molar-refractivity contribution in [2.24, 2.45) is 5.41 Å². The fourth-order valence-corrected chi connectivity index (χ4v) is 5.18. The Bertz CT molecular complexity index is 1370. The van der Waals surface area contributed by atoms with Crippen molar-refractivity contribution in [3.05, 3.63) is 99.1 Å². The smallest absolute Gasteiger partial charge is 0.167 e. The van der Waals surface area contributed by atoms with Crippen molar-refractivity contribution >= 4 is 44.7 Å². The lowest BCUT2D eigenvalue weighted by atomic mass is 9.76. The number of nitrogens with zero attached hydrogens (tertiary/aromatic N) is 1. The first kappa shape index (κ1) is 22.9. The van der Waals surface area contributed by atoms with E-state index in [-0.39, 0.29) is 11.2 Å². The molecule has 0 saturated carbocycles. The summed E-state index contributed by atoms with van der Waals surface area (Å²) in [4.78, 5) is 13.6. The molecule has 0 saturated heterocycles. The summed E-state index contributed by atoms with van der Waals surface area (Å²) in [5, 5.41) is 4.27. The van der Waals surface area contributed by atoms with E-state index in [1.165, 1.54) is 5.56 Å². The molecule has 34 heavy (non-hydrogen) atoms. The predicted octanol–water partition coefficient (Wildman–Crippen LogP) is 8.77. The maximum Gasteiger partial charge on any atom is 0.167 e. The van der Waals surface area contributed by atoms with Crippen LogP contribution >= 0.6 is 27.5 Å². The van der Waals surface area contributed by atoms with Gasteiger partial charge in [-0.1, -0.05) is 71.2 Å². The zero-order valence-corrected chi connectivity index (χ0v) is 21.8. The normalized spacial score (nSPS) is 14.7. The number of hydrogen-bond donors (Lipinski definition) is 1. The molecule has 1 N–H and O–H groups in total. The highest BCUT2D eigenvalue weighted by Gasteiger charge is 2.38. The van der Waals surface area contributed by atoms with Gasteiger partial charge < -0.3 is 9.88 Å². The Morgan fingerprint density at radius 3 is 2.21 bits per heavy atom. The zero-order valence-electron chi connectivity index (χ0n) is 19.5. The first-order valence-corrected chi connectivity index (χ1v) is 12.6. The van der Waals surface area contributed by atoms with E-state index in [1.807, 2.05) is 36.4 Å². The van der Waals surface area contributed by atoms with Crippen LogP contribution in [0, 0.1) is 12.3 Å². The SMILES string of the molecule is Cc1ccc(-c2c(Nc3ccc(Cl)cc3)c3c(n2-c2ccc(Br)cc2)CC(C)(C)CC3=O)cc1. The summed E-state index contributed by atoms with van der Waals surface area (Å²) in [5.74, 6) is 0.173. The average Bonchev–Trinajstić information content (AvgIpc) is 3.09. The fourth-order valence-electron chi connectivity index (χ4n) is 4.79. The second kappa shape index (κ2) is 8.75. The van der Waals surface area contributed by atoms with Gasteiger partial charge in [-0.3, -0.25) is 4.79 Å². The van der Waals surface area contributed by atoms with Gasteiger partial charge in [-0.25, -0.2) is 0 Å². The van der Waals surface area contributed by atoms with Crippen LogP contribution in [0.3, 0.4) is 0 Å². The first-order chi connectivity index (χ1) is 16.2. The van der Waals surface area contributed by atoms with E-state index >= 15 is 0 Å². The van der Waals surface area contributed by atoms with Crippen molar-refractivity contribution in [2.75, 3.05) is 5.32 Å². The van der Waals surface area contributed by atoms with Crippen molar-refractivity contribution in [1.29, 1.82) is 0 Å². The second-order valence-corrected chi connectivity index (χ2v) is 11.1. The summed E-state index contributed by atoms with van der Waals surface area (Å²) in [6, 6.07) is 24.4. The Labute approximate surface area is 213 Å². The molecule has 0 aliphatic heterocycles. The quantitative estimate of drug-likeness (QED) is 0.284. The van der Waals surface area contributed by atoms with Gasteiger partial charge in [0.2, 0.25) is 0 Å². The molecule has 5 heteroatoms. The number of hydrogen-bond acceptors (Lipinski definition) is 2. The number of halogens is 2. The van der Waals surface area contributed by atoms with Crippen LogP contribution in [-0.2, 0) is 6.42 Å². The molecule has 0 atom stereocenters. The molecule has 1 aliphatic rings. The van der Waals surface area contributed by atoms with Gasteiger partial charge in [0.1, 0.15) is 0 Å². The number of ketones is 1. The Hall–Kier alpha value is -2.82. The molecule has 4 aromatic rings. The topological polar surface area (TPSA) is 34.0 Å². The zero-order chi connectivity index (χ0) is 24.0. The Morgan fingerprint density at radius 2 is 1.56 bits per heavy atom. The molecule has 0 radical (unpaired) electrons. The van der Waals surface area contributed by atoms with Crippen LogP contribution in [0.25, 0.3) is 16.9 Å². The molecule has 172 valence electrons. The number of anilines is 2. The Morgan fingerprint density at radius 1 is 0.912 bits per heavy atom. The average molecular weight is 534 g/mol. The van der Waals surface area contributed by atoms with Crippen molar-refractivity contribution in [3.63, 3.8) is 0 Å². The summed E-state index contributed by atoms with van der Waals surface area (Å²) < 4.78 is 3.29. The molecule has 0 bridgehead atoms. The van der Waals surface area contributed by atoms with E-state index in [1.54, 1.807) is 0 Å². The van der Waals surface area contributed by atoms with E-state index in [2.05, 4.69) is 83.0 Å². The Balaban J connectivity index is 1.83. The van der Waals surface area contributed by atoms with Gasteiger partial charge in [-0.2, -0.15) is 0 Å². The molecular weight excluding hydrogens is 508 g/mol. The number of aryl methyl sites for hydroxylation is 1. The van der Waals surface area contributed by atoms with E-state index < -0.39 is 0 Å². The number of nitrogens with one attached hydrogen (secondary N) is 1. The van der Waals surface area contributed by atoms with Crippen LogP contribution in [0.5, 0.6) is 0 Å². The number of aromatic nitrogens is 1. The van der Waals surface area contributed by atoms with Crippen LogP contribution in [0.15, 0.2) is 77.3 Å². The second-order valence-electron chi connectivity index (χ2n) is 9.80. The number of Topliss-reactive ketones (excluding diaryl/α,β-unsaturated/α-hetero) is 1. The summed E-state index contributed by atoms with van der Waals surface area (Å²) in [5.41, 5.74) is 7.75. The lowest BCUT2D eigenvalue weighted by Gasteiger charge is -2.30. The molecule has 0 amide bonds. The molecular formula is C29H26BrClN2O. The summed E-state index contributed by atoms with van der Waals surface area (Å²) in [6.07, 6.45) is 1.33. The van der Waals surface area contributed by atoms with Crippen molar-refractivity contribution in [2.45, 2.75) is 33.6 Å². The third kappa shape index (κ3) is 4.33. The molecule has 5 rings (SSSR count). The van der Waals surface area contributed by atoms with E-state index in [0.717, 1.165) is 50.5 Å². The molecule has 0 fully saturated rings. The van der Waals surface area contributed by atoms with Gasteiger partial charge >= 0.3 is 0 Å². The highest BCUT2D eigenvalue weighted by molar-refractivity contribution is 9.10. The minimum atomic E-state index is -0.113. The molecule has 1 aromatic heterocycles. The number of carbonyl (C=O) groups is 1. The lowest BCUT2D eigenvalue weighted by Crippen LogP contribution is -2.28. The standard InChI is InChI=1S/C29H26BrClN2O/c1-18-4-6-19(7-5-18)28-27(32-22-12-10-21(31)11-13-22)26-24(16-29(2,3)17-25(26)34)33(28)23-14-8-20(30)9-15-23/h4-15,32H,16-17H2,1-3H3. The van der Waals surface area contributed by atoms with Gasteiger partial charge in [0.05, 0.1) is 16.9 Å². The molecule has 0 unspecified atom stereocenters. The number of benzene rings is 3. The summed E-state index contributed by atoms with van der Waals surface area (Å²) in [6.45, 7) is 6.43. The maximum absolute atomic E-state index is 13.6. The van der Waals surface area contributed by atoms with Gasteiger partial charge in [0.15, 0.2) is 5.78 Å². The van der Waals surface area contributed by atoms with E-state index in [9.17, 15) is 4.79 Å². The van der Waals surface area contributed by atoms with E-state index in [4.69, 9.17) is 11.6 Å². The van der Waals surface area contributed by atoms with Gasteiger partial charge in [-0.15, -0.1) is 0 Å². The van der Waals surface area contributed by atoms with Gasteiger partial charge in [0.25, 0.3) is 0 Å². The molecule has 3 aromatic carbocycles. The number of rotatable bonds is 4. The van der Waals surface area contributed by atoms with E-state index in [0.29, 0.717) is 11.4 Å². The minimum Gasteiger partial charge on any atom is -0.353 e. The third-order valence-electron chi connectivity index (χ3n) is 6.36. The largest absolute Gasteiger partial charge is 0.353 e. The highest BCUT2D eigenvalue weighted by Crippen LogP contribution is 2.47. The van der Waals surface area contributed by atoms with Crippen molar-refractivity contribution in [3.8, 4) is 16.9 Å². The summed E-state index contributed by atoms with van der Waals surface area (Å²) >= 11 is 9.69. The first-order valence-electron chi connectivity index (χ1n) is 11.4. The molecule has 1 aliphatic carbocycles. The molecule has 0 spiro atoms. The summed E-state index contributed by atoms with van der Waals surface area (Å²) in [7, 11) is 0. The van der Waals surface area contributed by atoms with Crippen LogP contribution < -0.4 is 5.32 Å². The lowest BCUT2D eigenvalue weighted by molar-refractivity contribution is 0.0912. The van der Waals surface area contributed by atoms with Crippen molar-refractivity contribution < 1.29 is 4.79 Å². The van der Waals surface area contributed by atoms with Gasteiger partial charge in [-0.05, 0) is 67.3 Å². The Kier molecular flexibility index (Phi) is 5.91. The highest BCUT2D eigenvalue weighted by atomic mass is 79.9. The number of carbonyl (C=O) groups excluding carboxylic acids is 1. The molecule has 1 heterocycles. The van der Waals surface area contributed by atoms with Crippen LogP contribution in [0.4, 0.5) is 11.4 Å². The predicted molar refractivity (Wildman–Crippen MR) is 145 cm³/mol. The van der Waals surface area contributed by atoms with Crippen LogP contribution in [0.2, 0.25) is 5.02 Å². The van der Waals surface area contributed by atoms with Crippen LogP contribution in [-0.4, -0.2) is 10.4 Å². The number of fused-ring (bicyclic) bond motifs is 1. The van der Waals surface area contributed by atoms with Crippen molar-refractivity contribution in [1.82, 2.24) is 4.57 Å². The van der Waals surface area contributed by atoms with Crippen LogP contribution in [0.1, 0.15) is 41.9 Å². The fraction of sp³-hybridized carbons (Fsp3) is 0.207. The maximum atomic E-state index is 13.6. The molecule has 3 nitrogen and oxygen atoms in total.